The molecule has 6 heteroatoms. The van der Waals surface area contributed by atoms with Crippen molar-refractivity contribution in [2.24, 2.45) is 21.3 Å². The molecule has 0 aromatic heterocycles. The summed E-state index contributed by atoms with van der Waals surface area (Å²) < 4.78 is 25.5. The number of hydrazone groups is 1. The van der Waals surface area contributed by atoms with Crippen LogP contribution in [0, 0.1) is 16.2 Å². The largest absolute Gasteiger partial charge is 0.385 e. The SMILES string of the molecule is CC1(C)CC2=C(/C(=N/NS(=O)(=O)c3ccccc3)C1)C1(O)CC(C)(C)CC(C)(C2)C1. The molecule has 3 aliphatic rings. The van der Waals surface area contributed by atoms with Gasteiger partial charge >= 0.3 is 0 Å². The molecule has 0 amide bonds. The smallest absolute Gasteiger partial charge is 0.276 e. The van der Waals surface area contributed by atoms with E-state index in [4.69, 9.17) is 0 Å². The Hall–Kier alpha value is -1.66. The zero-order chi connectivity index (χ0) is 22.0. The maximum atomic E-state index is 12.7. The van der Waals surface area contributed by atoms with Crippen LogP contribution in [-0.4, -0.2) is 24.8 Å². The number of benzene rings is 1. The van der Waals surface area contributed by atoms with E-state index in [-0.39, 0.29) is 21.1 Å². The molecule has 30 heavy (non-hydrogen) atoms. The number of hydrogen-bond donors (Lipinski definition) is 2. The van der Waals surface area contributed by atoms with Crippen molar-refractivity contribution in [2.75, 3.05) is 0 Å². The van der Waals surface area contributed by atoms with Gasteiger partial charge in [-0.1, -0.05) is 58.4 Å². The van der Waals surface area contributed by atoms with Crippen LogP contribution >= 0.6 is 0 Å². The van der Waals surface area contributed by atoms with E-state index in [1.54, 1.807) is 30.3 Å². The first-order valence-electron chi connectivity index (χ1n) is 10.8. The molecular weight excluding hydrogens is 396 g/mol. The molecule has 5 nitrogen and oxygen atoms in total. The maximum absolute atomic E-state index is 12.7. The van der Waals surface area contributed by atoms with Gasteiger partial charge in [0.1, 0.15) is 0 Å². The first-order valence-corrected chi connectivity index (χ1v) is 12.3. The third kappa shape index (κ3) is 3.96. The Morgan fingerprint density at radius 3 is 2.23 bits per heavy atom. The molecule has 1 aromatic carbocycles. The van der Waals surface area contributed by atoms with Crippen LogP contribution in [0.2, 0.25) is 0 Å². The third-order valence-corrected chi connectivity index (χ3v) is 8.06. The van der Waals surface area contributed by atoms with E-state index in [0.29, 0.717) is 25.0 Å². The lowest BCUT2D eigenvalue weighted by Gasteiger charge is -2.57. The summed E-state index contributed by atoms with van der Waals surface area (Å²) in [7, 11) is -3.75. The topological polar surface area (TPSA) is 78.8 Å². The van der Waals surface area contributed by atoms with Crippen LogP contribution in [0.15, 0.2) is 51.5 Å². The Morgan fingerprint density at radius 1 is 0.900 bits per heavy atom. The summed E-state index contributed by atoms with van der Waals surface area (Å²) in [5, 5.41) is 16.3. The highest BCUT2D eigenvalue weighted by Gasteiger charge is 2.56. The van der Waals surface area contributed by atoms with Gasteiger partial charge in [-0.2, -0.15) is 18.4 Å². The molecule has 4 rings (SSSR count). The second-order valence-electron chi connectivity index (χ2n) is 11.7. The van der Waals surface area contributed by atoms with Crippen LogP contribution in [0.4, 0.5) is 0 Å². The van der Waals surface area contributed by atoms with Crippen molar-refractivity contribution in [1.29, 1.82) is 0 Å². The Kier molecular flexibility index (Phi) is 4.79. The summed E-state index contributed by atoms with van der Waals surface area (Å²) in [5.74, 6) is 0. The normalized spacial score (nSPS) is 33.9. The molecule has 0 spiro atoms. The molecule has 0 radical (unpaired) electrons. The van der Waals surface area contributed by atoms with Crippen molar-refractivity contribution in [3.8, 4) is 0 Å². The van der Waals surface area contributed by atoms with Crippen LogP contribution in [0.5, 0.6) is 0 Å². The molecule has 2 N–H and O–H groups in total. The molecule has 0 aliphatic heterocycles. The summed E-state index contributed by atoms with van der Waals surface area (Å²) in [4.78, 5) is 2.64. The second kappa shape index (κ2) is 6.67. The Labute approximate surface area is 180 Å². The molecule has 2 unspecified atom stereocenters. The van der Waals surface area contributed by atoms with E-state index in [2.05, 4.69) is 44.6 Å². The number of rotatable bonds is 3. The van der Waals surface area contributed by atoms with Gasteiger partial charge in [0, 0.05) is 5.57 Å². The van der Waals surface area contributed by atoms with Gasteiger partial charge in [0.2, 0.25) is 0 Å². The molecule has 0 heterocycles. The predicted octanol–water partition coefficient (Wildman–Crippen LogP) is 4.79. The fourth-order valence-corrected chi connectivity index (χ4v) is 7.59. The first kappa shape index (κ1) is 21.6. The number of aliphatic hydroxyl groups is 1. The highest BCUT2D eigenvalue weighted by atomic mass is 32.2. The van der Waals surface area contributed by atoms with Gasteiger partial charge < -0.3 is 5.11 Å². The fourth-order valence-electron chi connectivity index (χ4n) is 6.74. The molecule has 164 valence electrons. The van der Waals surface area contributed by atoms with Gasteiger partial charge in [-0.15, -0.1) is 0 Å². The number of sulfonamides is 1. The Bertz CT molecular complexity index is 1020. The summed E-state index contributed by atoms with van der Waals surface area (Å²) in [6, 6.07) is 8.29. The Balaban J connectivity index is 1.77. The van der Waals surface area contributed by atoms with Crippen molar-refractivity contribution in [3.63, 3.8) is 0 Å². The van der Waals surface area contributed by atoms with Crippen molar-refractivity contribution < 1.29 is 13.5 Å². The Morgan fingerprint density at radius 2 is 1.57 bits per heavy atom. The van der Waals surface area contributed by atoms with Gasteiger partial charge in [-0.3, -0.25) is 0 Å². The van der Waals surface area contributed by atoms with E-state index >= 15 is 0 Å². The minimum atomic E-state index is -3.75. The van der Waals surface area contributed by atoms with Crippen molar-refractivity contribution in [3.05, 3.63) is 41.5 Å². The lowest BCUT2D eigenvalue weighted by Crippen LogP contribution is -2.54. The highest BCUT2D eigenvalue weighted by molar-refractivity contribution is 7.89. The van der Waals surface area contributed by atoms with Gasteiger partial charge in [-0.05, 0) is 66.9 Å². The van der Waals surface area contributed by atoms with Gasteiger partial charge in [0.05, 0.1) is 16.2 Å². The van der Waals surface area contributed by atoms with Crippen LogP contribution in [-0.2, 0) is 10.0 Å². The van der Waals surface area contributed by atoms with Crippen LogP contribution in [0.25, 0.3) is 0 Å². The third-order valence-electron chi connectivity index (χ3n) is 6.84. The minimum absolute atomic E-state index is 0.0241. The van der Waals surface area contributed by atoms with Gasteiger partial charge in [0.25, 0.3) is 10.0 Å². The second-order valence-corrected chi connectivity index (χ2v) is 13.3. The van der Waals surface area contributed by atoms with Crippen molar-refractivity contribution in [2.45, 2.75) is 83.6 Å². The standard InChI is InChI=1S/C24H34N2O3S/c1-21(2)11-17-12-23(5)14-22(3,4)15-24(27,16-23)20(17)19(13-21)25-26-30(28,29)18-9-7-6-8-10-18/h6-10,26-27H,11-16H2,1-5H3/b25-19+. The fraction of sp³-hybridized carbons (Fsp3) is 0.625. The lowest BCUT2D eigenvalue weighted by molar-refractivity contribution is -0.0754. The molecular formula is C24H34N2O3S. The lowest BCUT2D eigenvalue weighted by atomic mass is 9.49. The average Bonchev–Trinajstić information content (AvgIpc) is 2.56. The first-order chi connectivity index (χ1) is 13.7. The molecule has 1 saturated carbocycles. The number of nitrogens with zero attached hydrogens (tertiary/aromatic N) is 1. The summed E-state index contributed by atoms with van der Waals surface area (Å²) in [6.45, 7) is 11.1. The van der Waals surface area contributed by atoms with Crippen molar-refractivity contribution >= 4 is 15.7 Å². The van der Waals surface area contributed by atoms with Gasteiger partial charge in [-0.25, -0.2) is 0 Å². The van der Waals surface area contributed by atoms with E-state index in [0.717, 1.165) is 24.8 Å². The zero-order valence-electron chi connectivity index (χ0n) is 18.7. The minimum Gasteiger partial charge on any atom is -0.385 e. The van der Waals surface area contributed by atoms with Crippen LogP contribution < -0.4 is 4.83 Å². The number of hydrogen-bond acceptors (Lipinski definition) is 4. The summed E-state index contributed by atoms with van der Waals surface area (Å²) in [5.41, 5.74) is 1.99. The highest BCUT2D eigenvalue weighted by Crippen LogP contribution is 2.61. The van der Waals surface area contributed by atoms with Gasteiger partial charge in [0.15, 0.2) is 0 Å². The molecule has 1 aromatic rings. The summed E-state index contributed by atoms with van der Waals surface area (Å²) >= 11 is 0. The monoisotopic (exact) mass is 430 g/mol. The number of nitrogens with one attached hydrogen (secondary N) is 1. The van der Waals surface area contributed by atoms with Crippen molar-refractivity contribution in [1.82, 2.24) is 4.83 Å². The molecule has 2 atom stereocenters. The molecule has 3 aliphatic carbocycles. The summed E-state index contributed by atoms with van der Waals surface area (Å²) in [6.07, 6.45) is 4.99. The predicted molar refractivity (Wildman–Crippen MR) is 120 cm³/mol. The molecule has 2 bridgehead atoms. The van der Waals surface area contributed by atoms with E-state index < -0.39 is 15.6 Å². The number of allylic oxidation sites excluding steroid dienone is 1. The average molecular weight is 431 g/mol. The number of fused-ring (bicyclic) bond motifs is 3. The maximum Gasteiger partial charge on any atom is 0.276 e. The molecule has 1 fully saturated rings. The van der Waals surface area contributed by atoms with E-state index in [9.17, 15) is 13.5 Å². The molecule has 0 saturated heterocycles. The van der Waals surface area contributed by atoms with Crippen LogP contribution in [0.3, 0.4) is 0 Å². The van der Waals surface area contributed by atoms with E-state index in [1.165, 1.54) is 5.57 Å². The quantitative estimate of drug-likeness (QED) is 0.677. The zero-order valence-corrected chi connectivity index (χ0v) is 19.6. The van der Waals surface area contributed by atoms with Crippen LogP contribution in [0.1, 0.15) is 73.1 Å². The van der Waals surface area contributed by atoms with E-state index in [1.807, 2.05) is 0 Å².